The summed E-state index contributed by atoms with van der Waals surface area (Å²) in [5.74, 6) is -1.38. The van der Waals surface area contributed by atoms with E-state index in [1.165, 1.54) is 6.92 Å². The van der Waals surface area contributed by atoms with Crippen LogP contribution in [0.3, 0.4) is 0 Å². The van der Waals surface area contributed by atoms with E-state index in [9.17, 15) is 9.59 Å². The van der Waals surface area contributed by atoms with Crippen LogP contribution in [0.1, 0.15) is 32.3 Å². The summed E-state index contributed by atoms with van der Waals surface area (Å²) in [4.78, 5) is 25.6. The Bertz CT molecular complexity index is 517. The van der Waals surface area contributed by atoms with Crippen molar-refractivity contribution in [2.45, 2.75) is 26.7 Å². The smallest absolute Gasteiger partial charge is 0.316 e. The summed E-state index contributed by atoms with van der Waals surface area (Å²) >= 11 is 0. The van der Waals surface area contributed by atoms with Crippen LogP contribution in [0.4, 0.5) is 0 Å². The van der Waals surface area contributed by atoms with Crippen LogP contribution in [-0.2, 0) is 19.1 Å². The zero-order valence-electron chi connectivity index (χ0n) is 15.1. The maximum atomic E-state index is 12.5. The topological polar surface area (TPSA) is 55.8 Å². The second-order valence-electron chi connectivity index (χ2n) is 6.78. The van der Waals surface area contributed by atoms with E-state index in [1.54, 1.807) is 0 Å². The Labute approximate surface area is 150 Å². The van der Waals surface area contributed by atoms with Gasteiger partial charge in [0.15, 0.2) is 0 Å². The maximum Gasteiger partial charge on any atom is 0.316 e. The molecule has 24 heavy (non-hydrogen) atoms. The van der Waals surface area contributed by atoms with Crippen molar-refractivity contribution in [2.24, 2.45) is 5.41 Å². The minimum atomic E-state index is -0.602. The van der Waals surface area contributed by atoms with E-state index in [0.717, 1.165) is 12.1 Å². The molecule has 1 aromatic rings. The molecular formula is C18H28ClNO4. The van der Waals surface area contributed by atoms with Gasteiger partial charge < -0.3 is 14.4 Å². The minimum absolute atomic E-state index is 0. The highest BCUT2D eigenvalue weighted by molar-refractivity contribution is 5.85. The highest BCUT2D eigenvalue weighted by Crippen LogP contribution is 2.21. The van der Waals surface area contributed by atoms with E-state index in [2.05, 4.69) is 4.90 Å². The van der Waals surface area contributed by atoms with Crippen molar-refractivity contribution in [3.8, 4) is 0 Å². The Morgan fingerprint density at radius 3 is 2.21 bits per heavy atom. The number of nitrogens with zero attached hydrogens (tertiary/aromatic N) is 1. The number of hydrogen-bond acceptors (Lipinski definition) is 5. The monoisotopic (exact) mass is 357 g/mol. The van der Waals surface area contributed by atoms with E-state index in [4.69, 9.17) is 9.47 Å². The van der Waals surface area contributed by atoms with Crippen LogP contribution >= 0.6 is 12.4 Å². The Balaban J connectivity index is 0.00000529. The molecule has 0 saturated heterocycles. The number of rotatable bonds is 8. The van der Waals surface area contributed by atoms with Gasteiger partial charge in [-0.2, -0.15) is 0 Å². The van der Waals surface area contributed by atoms with Crippen LogP contribution in [-0.4, -0.2) is 50.7 Å². The molecule has 0 aliphatic rings. The summed E-state index contributed by atoms with van der Waals surface area (Å²) in [6, 6.07) is 9.23. The molecule has 0 aromatic heterocycles. The second kappa shape index (κ2) is 10.3. The number of ether oxygens (including phenoxy) is 2. The Morgan fingerprint density at radius 2 is 1.71 bits per heavy atom. The predicted molar refractivity (Wildman–Crippen MR) is 96.4 cm³/mol. The third-order valence-corrected chi connectivity index (χ3v) is 3.29. The van der Waals surface area contributed by atoms with Gasteiger partial charge in [-0.1, -0.05) is 44.2 Å². The number of carbonyl (C=O) groups is 2. The summed E-state index contributed by atoms with van der Waals surface area (Å²) < 4.78 is 10.5. The fraction of sp³-hybridized carbons (Fsp3) is 0.556. The molecule has 0 aliphatic carbocycles. The van der Waals surface area contributed by atoms with Gasteiger partial charge in [0, 0.05) is 18.9 Å². The molecule has 0 aliphatic heterocycles. The zero-order chi connectivity index (χ0) is 17.5. The molecule has 0 bridgehead atoms. The van der Waals surface area contributed by atoms with Crippen molar-refractivity contribution >= 4 is 24.3 Å². The summed E-state index contributed by atoms with van der Waals surface area (Å²) in [5.41, 5.74) is 0.631. The first-order valence-corrected chi connectivity index (χ1v) is 7.71. The minimum Gasteiger partial charge on any atom is -0.465 e. The summed E-state index contributed by atoms with van der Waals surface area (Å²) in [7, 11) is 3.97. The lowest BCUT2D eigenvalue weighted by Crippen LogP contribution is -2.34. The molecule has 0 N–H and O–H groups in total. The number of carbonyl (C=O) groups excluding carboxylic acids is 2. The van der Waals surface area contributed by atoms with E-state index in [0.29, 0.717) is 6.61 Å². The first-order valence-electron chi connectivity index (χ1n) is 7.71. The normalized spacial score (nSPS) is 12.2. The van der Waals surface area contributed by atoms with Gasteiger partial charge in [-0.05, 0) is 19.7 Å². The highest BCUT2D eigenvalue weighted by Gasteiger charge is 2.27. The summed E-state index contributed by atoms with van der Waals surface area (Å²) in [5, 5.41) is 0. The van der Waals surface area contributed by atoms with E-state index < -0.39 is 11.9 Å². The zero-order valence-corrected chi connectivity index (χ0v) is 15.9. The largest absolute Gasteiger partial charge is 0.465 e. The molecular weight excluding hydrogens is 330 g/mol. The van der Waals surface area contributed by atoms with Gasteiger partial charge in [0.25, 0.3) is 0 Å². The van der Waals surface area contributed by atoms with Crippen LogP contribution < -0.4 is 0 Å². The average molecular weight is 358 g/mol. The van der Waals surface area contributed by atoms with Crippen LogP contribution in [0.2, 0.25) is 0 Å². The van der Waals surface area contributed by atoms with Crippen molar-refractivity contribution in [1.29, 1.82) is 0 Å². The number of hydrogen-bond donors (Lipinski definition) is 0. The van der Waals surface area contributed by atoms with Crippen molar-refractivity contribution < 1.29 is 19.1 Å². The molecule has 0 spiro atoms. The molecule has 0 heterocycles. The standard InChI is InChI=1S/C18H27NO4.ClH/c1-14(20)22-11-16(15-9-7-6-8-10-15)17(21)23-13-18(2,3)12-19(4)5;/h6-10,16H,11-13H2,1-5H3;1H. The molecule has 0 amide bonds. The average Bonchev–Trinajstić information content (AvgIpc) is 2.45. The molecule has 5 nitrogen and oxygen atoms in total. The second-order valence-corrected chi connectivity index (χ2v) is 6.78. The van der Waals surface area contributed by atoms with Crippen molar-refractivity contribution in [3.63, 3.8) is 0 Å². The summed E-state index contributed by atoms with van der Waals surface area (Å²) in [6.07, 6.45) is 0. The molecule has 1 unspecified atom stereocenters. The van der Waals surface area contributed by atoms with Crippen molar-refractivity contribution in [3.05, 3.63) is 35.9 Å². The molecule has 0 fully saturated rings. The Morgan fingerprint density at radius 1 is 1.12 bits per heavy atom. The maximum absolute atomic E-state index is 12.5. The van der Waals surface area contributed by atoms with Gasteiger partial charge in [0.1, 0.15) is 12.5 Å². The SMILES string of the molecule is CC(=O)OCC(C(=O)OCC(C)(C)CN(C)C)c1ccccc1.Cl. The molecule has 6 heteroatoms. The van der Waals surface area contributed by atoms with E-state index in [-0.39, 0.29) is 30.4 Å². The first-order chi connectivity index (χ1) is 10.7. The third-order valence-electron chi connectivity index (χ3n) is 3.29. The van der Waals surface area contributed by atoms with Gasteiger partial charge in [0.2, 0.25) is 0 Å². The van der Waals surface area contributed by atoms with Crippen LogP contribution in [0.15, 0.2) is 30.3 Å². The molecule has 0 saturated carbocycles. The highest BCUT2D eigenvalue weighted by atomic mass is 35.5. The molecule has 1 rings (SSSR count). The fourth-order valence-corrected chi connectivity index (χ4v) is 2.46. The number of halogens is 1. The number of benzene rings is 1. The van der Waals surface area contributed by atoms with E-state index >= 15 is 0 Å². The molecule has 1 atom stereocenters. The quantitative estimate of drug-likeness (QED) is 0.669. The molecule has 0 radical (unpaired) electrons. The summed E-state index contributed by atoms with van der Waals surface area (Å²) in [6.45, 7) is 6.53. The lowest BCUT2D eigenvalue weighted by molar-refractivity contribution is -0.153. The fourth-order valence-electron chi connectivity index (χ4n) is 2.46. The molecule has 136 valence electrons. The van der Waals surface area contributed by atoms with Crippen LogP contribution in [0.5, 0.6) is 0 Å². The van der Waals surface area contributed by atoms with Gasteiger partial charge in [0.05, 0.1) is 6.61 Å². The van der Waals surface area contributed by atoms with Crippen molar-refractivity contribution in [1.82, 2.24) is 4.90 Å². The predicted octanol–water partition coefficient (Wildman–Crippen LogP) is 2.89. The lowest BCUT2D eigenvalue weighted by Gasteiger charge is -2.28. The van der Waals surface area contributed by atoms with Crippen molar-refractivity contribution in [2.75, 3.05) is 33.9 Å². The van der Waals surface area contributed by atoms with Gasteiger partial charge in [-0.3, -0.25) is 9.59 Å². The molecule has 1 aromatic carbocycles. The van der Waals surface area contributed by atoms with E-state index in [1.807, 2.05) is 58.3 Å². The van der Waals surface area contributed by atoms with Gasteiger partial charge in [-0.25, -0.2) is 0 Å². The Hall–Kier alpha value is -1.59. The number of esters is 2. The Kier molecular flexibility index (Phi) is 9.63. The van der Waals surface area contributed by atoms with Gasteiger partial charge >= 0.3 is 11.9 Å². The first kappa shape index (κ1) is 22.4. The van der Waals surface area contributed by atoms with Gasteiger partial charge in [-0.15, -0.1) is 12.4 Å². The van der Waals surface area contributed by atoms with Crippen LogP contribution in [0, 0.1) is 5.41 Å². The third kappa shape index (κ3) is 8.31. The lowest BCUT2D eigenvalue weighted by atomic mass is 9.94. The van der Waals surface area contributed by atoms with Crippen LogP contribution in [0.25, 0.3) is 0 Å².